The summed E-state index contributed by atoms with van der Waals surface area (Å²) in [6, 6.07) is 13.6. The number of anilines is 2. The van der Waals surface area contributed by atoms with Crippen LogP contribution >= 0.6 is 11.8 Å². The number of rotatable bonds is 14. The van der Waals surface area contributed by atoms with Crippen LogP contribution in [-0.2, 0) is 20.8 Å². The Labute approximate surface area is 291 Å². The number of aryl methyl sites for hydroxylation is 1. The van der Waals surface area contributed by atoms with Crippen LogP contribution in [0.5, 0.6) is 0 Å². The number of guanidine groups is 1. The predicted molar refractivity (Wildman–Crippen MR) is 189 cm³/mol. The number of carboxylic acids is 1. The van der Waals surface area contributed by atoms with E-state index >= 15 is 0 Å². The molecule has 15 nitrogen and oxygen atoms in total. The standard InChI is InChI=1S/C34H38N8O7S/c1-19-24-11-10-22(40-33(38-18-30(45)46)39-21-8-6-20(17-35)7-9-21)14-27(24)49-32(47)25(19)16-29(44)37-13-12-36-28(43)5-3-2-4-23-15-26-31(50-23)42-34(48)41-26/h6-11,14,23,26,31H,2-5,12-13,15-16,18H2,1H3,(H,36,43)(H,37,44)(H,45,46)(H2,38,39,40)(H2,41,42,48)/t23-,26+,31-/m0/s1. The molecule has 1 aromatic heterocycles. The van der Waals surface area contributed by atoms with Gasteiger partial charge in [-0.3, -0.25) is 14.4 Å². The zero-order valence-electron chi connectivity index (χ0n) is 27.3. The summed E-state index contributed by atoms with van der Waals surface area (Å²) in [4.78, 5) is 64.4. The molecule has 2 aliphatic heterocycles. The number of carbonyl (C=O) groups is 4. The summed E-state index contributed by atoms with van der Waals surface area (Å²) in [5.41, 5.74) is 1.89. The van der Waals surface area contributed by atoms with E-state index in [0.717, 1.165) is 25.7 Å². The number of amides is 4. The molecular weight excluding hydrogens is 664 g/mol. The molecule has 2 aliphatic rings. The minimum absolute atomic E-state index is 0.0886. The SMILES string of the molecule is Cc1c(CC(=O)NCCNC(=O)CCCC[C@H]2C[C@H]3NC(=O)N[C@H]3S2)c(=O)oc2cc(NC(=NCC(=O)O)Nc3ccc(C#N)cc3)ccc12. The second-order valence-corrected chi connectivity index (χ2v) is 13.4. The number of carboxylic acid groups (broad SMARTS) is 1. The zero-order valence-corrected chi connectivity index (χ0v) is 28.2. The largest absolute Gasteiger partial charge is 0.480 e. The molecule has 0 spiro atoms. The van der Waals surface area contributed by atoms with Crippen molar-refractivity contribution in [2.24, 2.45) is 4.99 Å². The van der Waals surface area contributed by atoms with Crippen molar-refractivity contribution in [3.63, 3.8) is 0 Å². The van der Waals surface area contributed by atoms with E-state index in [-0.39, 0.29) is 65.9 Å². The molecule has 3 aromatic rings. The van der Waals surface area contributed by atoms with Gasteiger partial charge in [0.15, 0.2) is 0 Å². The molecule has 2 aromatic carbocycles. The molecule has 16 heteroatoms. The molecule has 0 unspecified atom stereocenters. The van der Waals surface area contributed by atoms with Crippen LogP contribution in [0.1, 0.15) is 48.8 Å². The number of hydrogen-bond acceptors (Lipinski definition) is 9. The van der Waals surface area contributed by atoms with E-state index < -0.39 is 18.1 Å². The molecule has 0 bridgehead atoms. The summed E-state index contributed by atoms with van der Waals surface area (Å²) in [6.07, 6.45) is 3.80. The molecular formula is C34H38N8O7S. The number of nitriles is 1. The molecule has 3 heterocycles. The van der Waals surface area contributed by atoms with Gasteiger partial charge in [0, 0.05) is 47.6 Å². The summed E-state index contributed by atoms with van der Waals surface area (Å²) in [5, 5.41) is 36.7. The molecule has 0 aliphatic carbocycles. The Hall–Kier alpha value is -5.56. The second-order valence-electron chi connectivity index (χ2n) is 12.0. The van der Waals surface area contributed by atoms with E-state index in [4.69, 9.17) is 14.8 Å². The number of unbranched alkanes of at least 4 members (excludes halogenated alkanes) is 1. The van der Waals surface area contributed by atoms with Gasteiger partial charge >= 0.3 is 17.6 Å². The van der Waals surface area contributed by atoms with Crippen molar-refractivity contribution in [3.8, 4) is 6.07 Å². The maximum atomic E-state index is 12.9. The molecule has 50 heavy (non-hydrogen) atoms. The van der Waals surface area contributed by atoms with Crippen LogP contribution in [0.3, 0.4) is 0 Å². The van der Waals surface area contributed by atoms with E-state index in [2.05, 4.69) is 36.9 Å². The number of hydrogen-bond donors (Lipinski definition) is 7. The van der Waals surface area contributed by atoms with E-state index in [1.54, 1.807) is 61.2 Å². The summed E-state index contributed by atoms with van der Waals surface area (Å²) in [7, 11) is 0. The molecule has 0 radical (unpaired) electrons. The van der Waals surface area contributed by atoms with Crippen molar-refractivity contribution >= 4 is 63.9 Å². The highest BCUT2D eigenvalue weighted by Gasteiger charge is 2.40. The van der Waals surface area contributed by atoms with Crippen molar-refractivity contribution in [2.75, 3.05) is 30.3 Å². The molecule has 2 saturated heterocycles. The van der Waals surface area contributed by atoms with Gasteiger partial charge in [0.1, 0.15) is 12.1 Å². The van der Waals surface area contributed by atoms with Crippen molar-refractivity contribution < 1.29 is 28.7 Å². The summed E-state index contributed by atoms with van der Waals surface area (Å²) < 4.78 is 5.56. The average molecular weight is 703 g/mol. The minimum atomic E-state index is -1.13. The predicted octanol–water partition coefficient (Wildman–Crippen LogP) is 2.79. The fourth-order valence-corrected chi connectivity index (χ4v) is 7.35. The summed E-state index contributed by atoms with van der Waals surface area (Å²) in [6.45, 7) is 1.69. The minimum Gasteiger partial charge on any atom is -0.480 e. The number of urea groups is 1. The fourth-order valence-electron chi connectivity index (χ4n) is 5.77. The molecule has 4 amide bonds. The van der Waals surface area contributed by atoms with E-state index in [0.29, 0.717) is 39.6 Å². The molecule has 0 saturated carbocycles. The van der Waals surface area contributed by atoms with E-state index in [1.807, 2.05) is 6.07 Å². The van der Waals surface area contributed by atoms with Gasteiger partial charge in [0.05, 0.1) is 35.0 Å². The first-order valence-corrected chi connectivity index (χ1v) is 17.1. The van der Waals surface area contributed by atoms with Gasteiger partial charge in [-0.05, 0) is 68.1 Å². The lowest BCUT2D eigenvalue weighted by Crippen LogP contribution is -2.36. The number of carbonyl (C=O) groups excluding carboxylic acids is 3. The summed E-state index contributed by atoms with van der Waals surface area (Å²) >= 11 is 1.78. The van der Waals surface area contributed by atoms with Gasteiger partial charge in [0.25, 0.3) is 0 Å². The fraction of sp³-hybridized carbons (Fsp3) is 0.382. The van der Waals surface area contributed by atoms with Crippen LogP contribution in [0.25, 0.3) is 11.0 Å². The van der Waals surface area contributed by atoms with Crippen molar-refractivity contribution in [1.82, 2.24) is 21.3 Å². The number of benzene rings is 2. The first kappa shape index (κ1) is 35.7. The molecule has 3 atom stereocenters. The Kier molecular flexibility index (Phi) is 11.9. The molecule has 5 rings (SSSR count). The van der Waals surface area contributed by atoms with Crippen LogP contribution in [0.2, 0.25) is 0 Å². The number of fused-ring (bicyclic) bond motifs is 2. The third-order valence-electron chi connectivity index (χ3n) is 8.30. The maximum Gasteiger partial charge on any atom is 0.340 e. The number of nitrogens with one attached hydrogen (secondary N) is 6. The third-order valence-corrected chi connectivity index (χ3v) is 9.85. The Morgan fingerprint density at radius 3 is 2.46 bits per heavy atom. The lowest BCUT2D eigenvalue weighted by molar-refractivity contribution is -0.135. The zero-order chi connectivity index (χ0) is 35.6. The first-order valence-electron chi connectivity index (χ1n) is 16.2. The van der Waals surface area contributed by atoms with Crippen LogP contribution in [0, 0.1) is 18.3 Å². The summed E-state index contributed by atoms with van der Waals surface area (Å²) in [5.74, 6) is -1.48. The van der Waals surface area contributed by atoms with Gasteiger partial charge in [-0.1, -0.05) is 6.42 Å². The second kappa shape index (κ2) is 16.7. The normalized spacial score (nSPS) is 18.0. The van der Waals surface area contributed by atoms with Gasteiger partial charge in [-0.15, -0.1) is 11.8 Å². The van der Waals surface area contributed by atoms with Gasteiger partial charge in [0.2, 0.25) is 17.8 Å². The highest BCUT2D eigenvalue weighted by atomic mass is 32.2. The molecule has 7 N–H and O–H groups in total. The highest BCUT2D eigenvalue weighted by Crippen LogP contribution is 2.37. The first-order chi connectivity index (χ1) is 24.1. The molecule has 262 valence electrons. The van der Waals surface area contributed by atoms with Crippen LogP contribution in [0.4, 0.5) is 16.2 Å². The lowest BCUT2D eigenvalue weighted by Gasteiger charge is -2.14. The smallest absolute Gasteiger partial charge is 0.340 e. The average Bonchev–Trinajstić information content (AvgIpc) is 3.63. The topological polar surface area (TPSA) is 227 Å². The van der Waals surface area contributed by atoms with E-state index in [9.17, 15) is 24.0 Å². The Bertz CT molecular complexity index is 1870. The Morgan fingerprint density at radius 1 is 1.02 bits per heavy atom. The quantitative estimate of drug-likeness (QED) is 0.0559. The lowest BCUT2D eigenvalue weighted by atomic mass is 10.0. The van der Waals surface area contributed by atoms with Gasteiger partial charge in [-0.25, -0.2) is 14.6 Å². The monoisotopic (exact) mass is 702 g/mol. The van der Waals surface area contributed by atoms with Crippen LogP contribution < -0.4 is 37.5 Å². The number of nitrogens with zero attached hydrogens (tertiary/aromatic N) is 2. The number of aliphatic imine (C=N–C) groups is 1. The number of aliphatic carboxylic acids is 1. The van der Waals surface area contributed by atoms with Crippen molar-refractivity contribution in [2.45, 2.75) is 62.1 Å². The Morgan fingerprint density at radius 2 is 1.74 bits per heavy atom. The molecule has 2 fully saturated rings. The van der Waals surface area contributed by atoms with Gasteiger partial charge < -0.3 is 41.4 Å². The highest BCUT2D eigenvalue weighted by molar-refractivity contribution is 8.00. The van der Waals surface area contributed by atoms with Crippen LogP contribution in [0.15, 0.2) is 56.7 Å². The number of thioether (sulfide) groups is 1. The van der Waals surface area contributed by atoms with Crippen molar-refractivity contribution in [1.29, 1.82) is 5.26 Å². The third kappa shape index (κ3) is 9.75. The van der Waals surface area contributed by atoms with Gasteiger partial charge in [-0.2, -0.15) is 5.26 Å². The van der Waals surface area contributed by atoms with E-state index in [1.165, 1.54) is 0 Å². The maximum absolute atomic E-state index is 12.9. The van der Waals surface area contributed by atoms with Crippen molar-refractivity contribution in [3.05, 3.63) is 69.6 Å². The Balaban J connectivity index is 1.07. The van der Waals surface area contributed by atoms with Crippen LogP contribution in [-0.4, -0.2) is 71.2 Å².